The van der Waals surface area contributed by atoms with Gasteiger partial charge in [0.25, 0.3) is 0 Å². The number of carboxylic acid groups (broad SMARTS) is 1. The van der Waals surface area contributed by atoms with Crippen molar-refractivity contribution in [3.05, 3.63) is 114 Å². The van der Waals surface area contributed by atoms with Crippen molar-refractivity contribution >= 4 is 28.1 Å². The summed E-state index contributed by atoms with van der Waals surface area (Å²) in [5.74, 6) is 1.38. The molecule has 0 aliphatic heterocycles. The van der Waals surface area contributed by atoms with E-state index >= 15 is 0 Å². The molecule has 0 bridgehead atoms. The van der Waals surface area contributed by atoms with Crippen LogP contribution in [0.15, 0.2) is 97.1 Å². The van der Waals surface area contributed by atoms with E-state index in [-0.39, 0.29) is 0 Å². The van der Waals surface area contributed by atoms with Crippen molar-refractivity contribution in [2.45, 2.75) is 33.2 Å². The number of para-hydroxylation sites is 2. The maximum absolute atomic E-state index is 11.1. The normalized spacial score (nSPS) is 11.2. The number of rotatable bonds is 7. The Kier molecular flexibility index (Phi) is 6.74. The van der Waals surface area contributed by atoms with Gasteiger partial charge >= 0.3 is 6.16 Å². The summed E-state index contributed by atoms with van der Waals surface area (Å²) < 4.78 is 7.30. The first kappa shape index (κ1) is 25.3. The number of ether oxygens (including phenoxy) is 1. The van der Waals surface area contributed by atoms with Crippen molar-refractivity contribution in [1.82, 2.24) is 14.5 Å². The molecule has 0 saturated heterocycles. The van der Waals surface area contributed by atoms with Gasteiger partial charge < -0.3 is 14.4 Å². The van der Waals surface area contributed by atoms with Gasteiger partial charge in [-0.15, -0.1) is 0 Å². The molecule has 0 radical (unpaired) electrons. The topological polar surface area (TPSA) is 77.2 Å². The van der Waals surface area contributed by atoms with Crippen LogP contribution in [-0.2, 0) is 13.0 Å². The molecule has 0 aliphatic rings. The highest BCUT2D eigenvalue weighted by Crippen LogP contribution is 2.32. The fourth-order valence-electron chi connectivity index (χ4n) is 5.27. The smallest absolute Gasteiger partial charge is 0.449 e. The van der Waals surface area contributed by atoms with Crippen LogP contribution in [0.1, 0.15) is 30.3 Å². The van der Waals surface area contributed by atoms with Crippen molar-refractivity contribution in [1.29, 1.82) is 0 Å². The lowest BCUT2D eigenvalue weighted by Crippen LogP contribution is -2.05. The van der Waals surface area contributed by atoms with Gasteiger partial charge in [0.15, 0.2) is 0 Å². The monoisotopic (exact) mass is 527 g/mol. The number of benzene rings is 4. The molecule has 6 rings (SSSR count). The largest absolute Gasteiger partial charge is 0.511 e. The summed E-state index contributed by atoms with van der Waals surface area (Å²) >= 11 is 0. The first-order chi connectivity index (χ1) is 19.5. The molecule has 2 aromatic heterocycles. The van der Waals surface area contributed by atoms with Crippen LogP contribution in [0.4, 0.5) is 4.79 Å². The predicted molar refractivity (Wildman–Crippen MR) is 159 cm³/mol. The molecule has 0 fully saturated rings. The molecule has 6 aromatic rings. The molecular formula is C34H29N3O3. The second-order valence-electron chi connectivity index (χ2n) is 9.98. The number of hydrogen-bond donors (Lipinski definition) is 1. The lowest BCUT2D eigenvalue weighted by molar-refractivity contribution is 0.144. The van der Waals surface area contributed by atoms with Crippen LogP contribution in [0.2, 0.25) is 0 Å². The molecule has 0 unspecified atom stereocenters. The zero-order valence-corrected chi connectivity index (χ0v) is 22.5. The second-order valence-corrected chi connectivity index (χ2v) is 9.98. The fourth-order valence-corrected chi connectivity index (χ4v) is 5.27. The third-order valence-corrected chi connectivity index (χ3v) is 7.18. The van der Waals surface area contributed by atoms with E-state index in [0.29, 0.717) is 12.3 Å². The molecule has 40 heavy (non-hydrogen) atoms. The molecule has 4 aromatic carbocycles. The van der Waals surface area contributed by atoms with Crippen LogP contribution >= 0.6 is 0 Å². The van der Waals surface area contributed by atoms with Crippen molar-refractivity contribution in [3.8, 4) is 28.1 Å². The van der Waals surface area contributed by atoms with Gasteiger partial charge in [0.05, 0.1) is 22.2 Å². The summed E-state index contributed by atoms with van der Waals surface area (Å²) in [6.07, 6.45) is 0.559. The number of pyridine rings is 1. The molecule has 0 spiro atoms. The first-order valence-electron chi connectivity index (χ1n) is 13.4. The van der Waals surface area contributed by atoms with E-state index in [1.54, 1.807) is 12.1 Å². The van der Waals surface area contributed by atoms with Gasteiger partial charge in [-0.3, -0.25) is 0 Å². The van der Waals surface area contributed by atoms with Crippen LogP contribution in [0.3, 0.4) is 0 Å². The number of imidazole rings is 1. The Hall–Kier alpha value is -4.97. The van der Waals surface area contributed by atoms with E-state index in [4.69, 9.17) is 19.8 Å². The van der Waals surface area contributed by atoms with E-state index in [0.717, 1.165) is 74.1 Å². The number of aryl methyl sites for hydroxylation is 2. The molecule has 6 heteroatoms. The maximum Gasteiger partial charge on any atom is 0.511 e. The molecule has 0 amide bonds. The summed E-state index contributed by atoms with van der Waals surface area (Å²) in [5.41, 5.74) is 9.00. The summed E-state index contributed by atoms with van der Waals surface area (Å²) in [4.78, 5) is 21.1. The molecule has 1 N–H and O–H groups in total. The van der Waals surface area contributed by atoms with E-state index in [2.05, 4.69) is 60.9 Å². The average Bonchev–Trinajstić information content (AvgIpc) is 3.30. The van der Waals surface area contributed by atoms with Gasteiger partial charge in [-0.25, -0.2) is 14.8 Å². The van der Waals surface area contributed by atoms with E-state index in [1.807, 2.05) is 42.5 Å². The SMILES string of the molecule is CCCc1nc2c(C)cc(-c3ccc4ccccc4n3)cc2n1Cc1ccc(-c2ccccc2OC(=O)O)cc1. The van der Waals surface area contributed by atoms with Crippen molar-refractivity contribution in [2.75, 3.05) is 0 Å². The highest BCUT2D eigenvalue weighted by atomic mass is 16.7. The van der Waals surface area contributed by atoms with Crippen LogP contribution in [0, 0.1) is 6.92 Å². The number of hydrogen-bond acceptors (Lipinski definition) is 4. The van der Waals surface area contributed by atoms with Crippen molar-refractivity contribution in [2.24, 2.45) is 0 Å². The van der Waals surface area contributed by atoms with Gasteiger partial charge in [0.1, 0.15) is 11.6 Å². The number of fused-ring (bicyclic) bond motifs is 2. The molecule has 2 heterocycles. The molecule has 0 aliphatic carbocycles. The zero-order valence-electron chi connectivity index (χ0n) is 22.5. The van der Waals surface area contributed by atoms with E-state index < -0.39 is 6.16 Å². The summed E-state index contributed by atoms with van der Waals surface area (Å²) in [6, 6.07) is 32.1. The highest BCUT2D eigenvalue weighted by molar-refractivity contribution is 5.87. The Morgan fingerprint density at radius 3 is 2.45 bits per heavy atom. The minimum Gasteiger partial charge on any atom is -0.449 e. The Bertz CT molecular complexity index is 1860. The predicted octanol–water partition coefficient (Wildman–Crippen LogP) is 8.28. The van der Waals surface area contributed by atoms with Gasteiger partial charge in [-0.2, -0.15) is 0 Å². The van der Waals surface area contributed by atoms with Gasteiger partial charge in [0.2, 0.25) is 0 Å². The van der Waals surface area contributed by atoms with E-state index in [1.165, 1.54) is 0 Å². The Morgan fingerprint density at radius 2 is 1.65 bits per heavy atom. The Labute approximate surface area is 232 Å². The third kappa shape index (κ3) is 4.92. The van der Waals surface area contributed by atoms with Gasteiger partial charge in [-0.05, 0) is 60.4 Å². The van der Waals surface area contributed by atoms with Crippen molar-refractivity contribution < 1.29 is 14.6 Å². The molecular weight excluding hydrogens is 498 g/mol. The van der Waals surface area contributed by atoms with E-state index in [9.17, 15) is 4.79 Å². The third-order valence-electron chi connectivity index (χ3n) is 7.18. The molecule has 0 saturated carbocycles. The van der Waals surface area contributed by atoms with Crippen LogP contribution in [0.5, 0.6) is 5.75 Å². The van der Waals surface area contributed by atoms with Gasteiger partial charge in [-0.1, -0.05) is 73.7 Å². The number of nitrogens with zero attached hydrogens (tertiary/aromatic N) is 3. The first-order valence-corrected chi connectivity index (χ1v) is 13.4. The standard InChI is InChI=1S/C34H29N3O3/c1-3-8-32-36-33-22(2)19-26(29-18-17-25-9-4-6-11-28(25)35-29)20-30(33)37(32)21-23-13-15-24(16-14-23)27-10-5-7-12-31(27)40-34(38)39/h4-7,9-20H,3,8,21H2,1-2H3,(H,38,39). The maximum atomic E-state index is 11.1. The quantitative estimate of drug-likeness (QED) is 0.167. The average molecular weight is 528 g/mol. The summed E-state index contributed by atoms with van der Waals surface area (Å²) in [6.45, 7) is 4.96. The Balaban J connectivity index is 1.38. The molecule has 0 atom stereocenters. The minimum absolute atomic E-state index is 0.318. The number of aromatic nitrogens is 3. The summed E-state index contributed by atoms with van der Waals surface area (Å²) in [7, 11) is 0. The summed E-state index contributed by atoms with van der Waals surface area (Å²) in [5, 5.41) is 10.2. The van der Waals surface area contributed by atoms with Crippen molar-refractivity contribution in [3.63, 3.8) is 0 Å². The fraction of sp³-hybridized carbons (Fsp3) is 0.147. The lowest BCUT2D eigenvalue weighted by atomic mass is 10.0. The van der Waals surface area contributed by atoms with Gasteiger partial charge in [0, 0.05) is 29.5 Å². The highest BCUT2D eigenvalue weighted by Gasteiger charge is 2.16. The lowest BCUT2D eigenvalue weighted by Gasteiger charge is -2.12. The second kappa shape index (κ2) is 10.7. The molecule has 198 valence electrons. The van der Waals surface area contributed by atoms with Crippen LogP contribution < -0.4 is 4.74 Å². The Morgan fingerprint density at radius 1 is 0.875 bits per heavy atom. The zero-order chi connectivity index (χ0) is 27.6. The van der Waals surface area contributed by atoms with Crippen LogP contribution in [0.25, 0.3) is 44.3 Å². The van der Waals surface area contributed by atoms with Crippen LogP contribution in [-0.4, -0.2) is 25.8 Å². The molecule has 6 nitrogen and oxygen atoms in total. The minimum atomic E-state index is -1.33. The number of carbonyl (C=O) groups is 1.